The van der Waals surface area contributed by atoms with Gasteiger partial charge >= 0.3 is 0 Å². The van der Waals surface area contributed by atoms with Crippen LogP contribution in [0.15, 0.2) is 64.3 Å². The predicted octanol–water partition coefficient (Wildman–Crippen LogP) is 2.81. The number of halogens is 1. The summed E-state index contributed by atoms with van der Waals surface area (Å²) < 4.78 is 14.7. The number of amides is 1. The number of fused-ring (bicyclic) bond motifs is 3. The summed E-state index contributed by atoms with van der Waals surface area (Å²) in [6.45, 7) is 6.58. The molecule has 0 aromatic heterocycles. The number of nitrogens with zero attached hydrogens (tertiary/aromatic N) is 6. The smallest absolute Gasteiger partial charge is 0.284 e. The molecule has 0 spiro atoms. The second-order valence-electron chi connectivity index (χ2n) is 8.26. The van der Waals surface area contributed by atoms with Crippen LogP contribution < -0.4 is 4.90 Å². The van der Waals surface area contributed by atoms with Crippen LogP contribution in [0.4, 0.5) is 15.8 Å². The molecule has 5 rings (SSSR count). The fourth-order valence-electron chi connectivity index (χ4n) is 4.43. The van der Waals surface area contributed by atoms with E-state index in [4.69, 9.17) is 0 Å². The Morgan fingerprint density at radius 1 is 1.12 bits per heavy atom. The molecule has 34 heavy (non-hydrogen) atoms. The Morgan fingerprint density at radius 2 is 1.88 bits per heavy atom. The molecule has 0 aliphatic carbocycles. The summed E-state index contributed by atoms with van der Waals surface area (Å²) in [6.07, 6.45) is 1.78. The van der Waals surface area contributed by atoms with Gasteiger partial charge in [-0.3, -0.25) is 24.8 Å². The summed E-state index contributed by atoms with van der Waals surface area (Å²) in [4.78, 5) is 39.3. The molecule has 3 aliphatic heterocycles. The van der Waals surface area contributed by atoms with Gasteiger partial charge in [-0.2, -0.15) is 0 Å². The molecule has 0 atom stereocenters. The van der Waals surface area contributed by atoms with E-state index >= 15 is 0 Å². The standard InChI is InChI=1S/C24H23FN6O3/c1-2-28-9-11-29(12-10-28)15-20-24(32)30-21-8-7-16(31(33)34)13-18(21)23(26-14-22(30)27-20)17-5-3-4-6-19(17)25/h3-8,13,15H,2,9-12,14H2,1H3/b20-15-. The molecule has 3 aliphatic rings. The number of nitro groups is 1. The first-order valence-electron chi connectivity index (χ1n) is 11.1. The largest absolute Gasteiger partial charge is 0.373 e. The van der Waals surface area contributed by atoms with Gasteiger partial charge in [0.15, 0.2) is 0 Å². The van der Waals surface area contributed by atoms with E-state index in [1.165, 1.54) is 29.2 Å². The molecular weight excluding hydrogens is 439 g/mol. The maximum Gasteiger partial charge on any atom is 0.284 e. The van der Waals surface area contributed by atoms with E-state index in [1.807, 2.05) is 0 Å². The van der Waals surface area contributed by atoms with Gasteiger partial charge in [0.25, 0.3) is 11.6 Å². The number of anilines is 1. The topological polar surface area (TPSA) is 94.7 Å². The maximum atomic E-state index is 14.7. The van der Waals surface area contributed by atoms with Crippen molar-refractivity contribution in [1.29, 1.82) is 0 Å². The van der Waals surface area contributed by atoms with Gasteiger partial charge in [-0.15, -0.1) is 0 Å². The molecule has 10 heteroatoms. The highest BCUT2D eigenvalue weighted by atomic mass is 19.1. The maximum absolute atomic E-state index is 14.7. The van der Waals surface area contributed by atoms with Gasteiger partial charge in [-0.05, 0) is 24.7 Å². The lowest BCUT2D eigenvalue weighted by atomic mass is 9.99. The van der Waals surface area contributed by atoms with Crippen LogP contribution in [0.25, 0.3) is 0 Å². The van der Waals surface area contributed by atoms with E-state index in [0.717, 1.165) is 32.7 Å². The van der Waals surface area contributed by atoms with Crippen molar-refractivity contribution in [2.75, 3.05) is 44.2 Å². The minimum absolute atomic E-state index is 0.0405. The lowest BCUT2D eigenvalue weighted by Crippen LogP contribution is -2.44. The summed E-state index contributed by atoms with van der Waals surface area (Å²) >= 11 is 0. The number of hydrogen-bond donors (Lipinski definition) is 0. The molecule has 9 nitrogen and oxygen atoms in total. The van der Waals surface area contributed by atoms with Crippen LogP contribution in [0.2, 0.25) is 0 Å². The van der Waals surface area contributed by atoms with E-state index in [1.54, 1.807) is 24.4 Å². The fraction of sp³-hybridized carbons (Fsp3) is 0.292. The normalized spacial score (nSPS) is 19.5. The van der Waals surface area contributed by atoms with Crippen LogP contribution in [0, 0.1) is 15.9 Å². The summed E-state index contributed by atoms with van der Waals surface area (Å²) in [5, 5.41) is 11.5. The molecular formula is C24H23FN6O3. The molecule has 0 saturated carbocycles. The number of piperazine rings is 1. The molecule has 0 N–H and O–H groups in total. The summed E-state index contributed by atoms with van der Waals surface area (Å²) in [5.41, 5.74) is 1.31. The van der Waals surface area contributed by atoms with Crippen LogP contribution in [0.1, 0.15) is 18.1 Å². The minimum Gasteiger partial charge on any atom is -0.373 e. The monoisotopic (exact) mass is 462 g/mol. The molecule has 1 saturated heterocycles. The zero-order chi connectivity index (χ0) is 23.8. The van der Waals surface area contributed by atoms with Crippen molar-refractivity contribution in [3.8, 4) is 0 Å². The number of carbonyl (C=O) groups excluding carboxylic acids is 1. The quantitative estimate of drug-likeness (QED) is 0.396. The molecule has 0 radical (unpaired) electrons. The van der Waals surface area contributed by atoms with Gasteiger partial charge in [0.05, 0.1) is 22.9 Å². The number of carbonyl (C=O) groups is 1. The predicted molar refractivity (Wildman–Crippen MR) is 127 cm³/mol. The van der Waals surface area contributed by atoms with Crippen LogP contribution in [0.3, 0.4) is 0 Å². The first-order valence-corrected chi connectivity index (χ1v) is 11.1. The lowest BCUT2D eigenvalue weighted by molar-refractivity contribution is -0.384. The summed E-state index contributed by atoms with van der Waals surface area (Å²) in [6, 6.07) is 10.3. The number of hydrogen-bond acceptors (Lipinski definition) is 7. The van der Waals surface area contributed by atoms with E-state index < -0.39 is 10.7 Å². The van der Waals surface area contributed by atoms with E-state index in [0.29, 0.717) is 22.8 Å². The Morgan fingerprint density at radius 3 is 2.59 bits per heavy atom. The van der Waals surface area contributed by atoms with Crippen LogP contribution in [-0.2, 0) is 4.79 Å². The SMILES string of the molecule is CCN1CCN(/C=C2\N=C3CN=C(c4ccccc4F)c4cc([N+](=O)[O-])ccc4N3C2=O)CC1. The number of nitro benzene ring substituents is 1. The zero-order valence-electron chi connectivity index (χ0n) is 18.6. The third kappa shape index (κ3) is 3.86. The molecule has 2 aromatic carbocycles. The third-order valence-electron chi connectivity index (χ3n) is 6.28. The van der Waals surface area contributed by atoms with Crippen LogP contribution in [0.5, 0.6) is 0 Å². The third-order valence-corrected chi connectivity index (χ3v) is 6.28. The number of rotatable bonds is 4. The van der Waals surface area contributed by atoms with Crippen LogP contribution in [-0.4, -0.2) is 71.4 Å². The lowest BCUT2D eigenvalue weighted by Gasteiger charge is -2.33. The number of non-ortho nitro benzene ring substituents is 1. The van der Waals surface area contributed by atoms with Gasteiger partial charge < -0.3 is 9.80 Å². The molecule has 174 valence electrons. The molecule has 1 amide bonds. The number of aliphatic imine (C=N–C) groups is 2. The number of likely N-dealkylation sites (N-methyl/N-ethyl adjacent to an activating group) is 1. The van der Waals surface area contributed by atoms with Crippen LogP contribution >= 0.6 is 0 Å². The van der Waals surface area contributed by atoms with Gasteiger partial charge in [0.1, 0.15) is 17.3 Å². The van der Waals surface area contributed by atoms with E-state index in [-0.39, 0.29) is 29.4 Å². The summed E-state index contributed by atoms with van der Waals surface area (Å²) in [7, 11) is 0. The Labute approximate surface area is 195 Å². The molecule has 3 heterocycles. The van der Waals surface area contributed by atoms with Crippen molar-refractivity contribution in [3.05, 3.63) is 81.4 Å². The number of benzene rings is 2. The Balaban J connectivity index is 1.57. The fourth-order valence-corrected chi connectivity index (χ4v) is 4.43. The Bertz CT molecular complexity index is 1260. The molecule has 0 unspecified atom stereocenters. The van der Waals surface area contributed by atoms with Crippen molar-refractivity contribution in [2.45, 2.75) is 6.92 Å². The Hall–Kier alpha value is -3.92. The van der Waals surface area contributed by atoms with Gasteiger partial charge in [-0.25, -0.2) is 9.38 Å². The summed E-state index contributed by atoms with van der Waals surface area (Å²) in [5.74, 6) is -0.418. The average molecular weight is 462 g/mol. The van der Waals surface area contributed by atoms with Crippen molar-refractivity contribution in [2.24, 2.45) is 9.98 Å². The highest BCUT2D eigenvalue weighted by Gasteiger charge is 2.37. The van der Waals surface area contributed by atoms with E-state index in [2.05, 4.69) is 26.7 Å². The molecule has 0 bridgehead atoms. The van der Waals surface area contributed by atoms with Crippen molar-refractivity contribution >= 4 is 28.8 Å². The highest BCUT2D eigenvalue weighted by Crippen LogP contribution is 2.34. The molecule has 1 fully saturated rings. The van der Waals surface area contributed by atoms with Gasteiger partial charge in [0.2, 0.25) is 0 Å². The minimum atomic E-state index is -0.522. The highest BCUT2D eigenvalue weighted by molar-refractivity contribution is 6.32. The van der Waals surface area contributed by atoms with E-state index in [9.17, 15) is 19.3 Å². The second-order valence-corrected chi connectivity index (χ2v) is 8.26. The van der Waals surface area contributed by atoms with Gasteiger partial charge in [-0.1, -0.05) is 19.1 Å². The first-order chi connectivity index (χ1) is 16.5. The van der Waals surface area contributed by atoms with Gasteiger partial charge in [0, 0.05) is 55.6 Å². The van der Waals surface area contributed by atoms with Crippen molar-refractivity contribution in [1.82, 2.24) is 9.80 Å². The first kappa shape index (κ1) is 21.9. The second kappa shape index (κ2) is 8.79. The number of amidine groups is 1. The molecule has 2 aromatic rings. The Kier molecular flexibility index (Phi) is 5.66. The average Bonchev–Trinajstić information content (AvgIpc) is 3.05. The zero-order valence-corrected chi connectivity index (χ0v) is 18.6. The van der Waals surface area contributed by atoms with Crippen molar-refractivity contribution < 1.29 is 14.1 Å². The van der Waals surface area contributed by atoms with Crippen molar-refractivity contribution in [3.63, 3.8) is 0 Å².